The van der Waals surface area contributed by atoms with E-state index in [0.717, 1.165) is 0 Å². The number of furan rings is 1. The highest BCUT2D eigenvalue weighted by Crippen LogP contribution is 2.19. The summed E-state index contributed by atoms with van der Waals surface area (Å²) >= 11 is 0. The summed E-state index contributed by atoms with van der Waals surface area (Å²) in [4.78, 5) is 21.4. The fourth-order valence-corrected chi connectivity index (χ4v) is 1.01. The van der Waals surface area contributed by atoms with Crippen LogP contribution in [0.2, 0.25) is 0 Å². The number of esters is 1. The third-order valence-electron chi connectivity index (χ3n) is 1.61. The summed E-state index contributed by atoms with van der Waals surface area (Å²) in [5.74, 6) is -0.217. The van der Waals surface area contributed by atoms with E-state index in [9.17, 15) is 9.59 Å². The van der Waals surface area contributed by atoms with Gasteiger partial charge in [0, 0.05) is 6.07 Å². The first-order chi connectivity index (χ1) is 7.19. The van der Waals surface area contributed by atoms with Crippen LogP contribution >= 0.6 is 0 Å². The van der Waals surface area contributed by atoms with Crippen LogP contribution in [0.3, 0.4) is 0 Å². The van der Waals surface area contributed by atoms with Crippen LogP contribution in [0.5, 0.6) is 0 Å². The van der Waals surface area contributed by atoms with Crippen molar-refractivity contribution in [2.24, 2.45) is 0 Å². The van der Waals surface area contributed by atoms with Gasteiger partial charge < -0.3 is 14.9 Å². The Hall–Kier alpha value is -2.04. The van der Waals surface area contributed by atoms with Gasteiger partial charge in [0.25, 0.3) is 0 Å². The molecule has 1 rings (SSSR count). The number of hydrogen-bond donors (Lipinski definition) is 1. The van der Waals surface area contributed by atoms with Crippen LogP contribution in [0.1, 0.15) is 23.0 Å². The van der Waals surface area contributed by atoms with Crippen LogP contribution in [-0.4, -0.2) is 18.9 Å². The molecule has 0 aliphatic carbocycles. The SMILES string of the molecule is CCOC(=O)c1cc(C=CC=O)oc1N. The zero-order chi connectivity index (χ0) is 11.3. The van der Waals surface area contributed by atoms with E-state index in [1.807, 2.05) is 0 Å². The summed E-state index contributed by atoms with van der Waals surface area (Å²) in [7, 11) is 0. The zero-order valence-electron chi connectivity index (χ0n) is 8.23. The molecule has 0 aliphatic rings. The van der Waals surface area contributed by atoms with E-state index in [-0.39, 0.29) is 18.1 Å². The Bertz CT molecular complexity index is 392. The van der Waals surface area contributed by atoms with Crippen molar-refractivity contribution in [3.63, 3.8) is 0 Å². The fourth-order valence-electron chi connectivity index (χ4n) is 1.01. The molecule has 1 aromatic rings. The van der Waals surface area contributed by atoms with Gasteiger partial charge in [0.1, 0.15) is 17.6 Å². The summed E-state index contributed by atoms with van der Waals surface area (Å²) in [5.41, 5.74) is 5.62. The Labute approximate surface area is 86.5 Å². The van der Waals surface area contributed by atoms with Crippen molar-refractivity contribution in [1.29, 1.82) is 0 Å². The first-order valence-corrected chi connectivity index (χ1v) is 4.37. The van der Waals surface area contributed by atoms with Crippen molar-refractivity contribution in [2.45, 2.75) is 6.92 Å². The molecule has 0 bridgehead atoms. The van der Waals surface area contributed by atoms with Gasteiger partial charge in [-0.25, -0.2) is 4.79 Å². The predicted octanol–water partition coefficient (Wildman–Crippen LogP) is 1.25. The van der Waals surface area contributed by atoms with E-state index in [2.05, 4.69) is 0 Å². The van der Waals surface area contributed by atoms with Gasteiger partial charge in [-0.3, -0.25) is 4.79 Å². The molecule has 0 saturated carbocycles. The highest BCUT2D eigenvalue weighted by atomic mass is 16.5. The smallest absolute Gasteiger partial charge is 0.343 e. The molecule has 0 aliphatic heterocycles. The number of nitrogens with two attached hydrogens (primary N) is 1. The summed E-state index contributed by atoms with van der Waals surface area (Å²) in [6.45, 7) is 1.96. The number of nitrogen functional groups attached to an aromatic ring is 1. The van der Waals surface area contributed by atoms with Crippen molar-refractivity contribution < 1.29 is 18.7 Å². The summed E-state index contributed by atoms with van der Waals surface area (Å²) in [6, 6.07) is 1.42. The normalized spacial score (nSPS) is 10.5. The second kappa shape index (κ2) is 4.99. The number of anilines is 1. The average Bonchev–Trinajstić information content (AvgIpc) is 2.57. The Morgan fingerprint density at radius 1 is 1.67 bits per heavy atom. The van der Waals surface area contributed by atoms with Crippen LogP contribution in [0, 0.1) is 0 Å². The Balaban J connectivity index is 2.90. The van der Waals surface area contributed by atoms with Gasteiger partial charge in [0.05, 0.1) is 6.61 Å². The first kappa shape index (κ1) is 11.0. The van der Waals surface area contributed by atoms with Gasteiger partial charge in [-0.2, -0.15) is 0 Å². The second-order valence-corrected chi connectivity index (χ2v) is 2.64. The third kappa shape index (κ3) is 2.70. The molecule has 80 valence electrons. The van der Waals surface area contributed by atoms with Crippen LogP contribution in [0.25, 0.3) is 6.08 Å². The number of hydrogen-bond acceptors (Lipinski definition) is 5. The predicted molar refractivity (Wildman–Crippen MR) is 54.2 cm³/mol. The summed E-state index contributed by atoms with van der Waals surface area (Å²) < 4.78 is 9.77. The van der Waals surface area contributed by atoms with Crippen molar-refractivity contribution in [2.75, 3.05) is 12.3 Å². The Kier molecular flexibility index (Phi) is 3.68. The number of ether oxygens (including phenoxy) is 1. The molecule has 5 nitrogen and oxygen atoms in total. The van der Waals surface area contributed by atoms with E-state index in [1.54, 1.807) is 6.92 Å². The zero-order valence-corrected chi connectivity index (χ0v) is 8.23. The number of carbonyl (C=O) groups is 2. The van der Waals surface area contributed by atoms with Crippen LogP contribution < -0.4 is 5.73 Å². The molecule has 0 spiro atoms. The number of allylic oxidation sites excluding steroid dienone is 1. The molecule has 0 atom stereocenters. The molecule has 1 aromatic heterocycles. The van der Waals surface area contributed by atoms with Crippen LogP contribution in [0.4, 0.5) is 5.88 Å². The van der Waals surface area contributed by atoms with E-state index in [1.165, 1.54) is 18.2 Å². The average molecular weight is 209 g/mol. The molecule has 5 heteroatoms. The minimum Gasteiger partial charge on any atom is -0.462 e. The number of carbonyl (C=O) groups excluding carboxylic acids is 2. The lowest BCUT2D eigenvalue weighted by Crippen LogP contribution is -2.05. The Morgan fingerprint density at radius 2 is 2.40 bits per heavy atom. The molecule has 0 fully saturated rings. The molecule has 0 saturated heterocycles. The lowest BCUT2D eigenvalue weighted by molar-refractivity contribution is -0.104. The van der Waals surface area contributed by atoms with E-state index in [4.69, 9.17) is 14.9 Å². The lowest BCUT2D eigenvalue weighted by atomic mass is 10.3. The molecule has 1 heterocycles. The highest BCUT2D eigenvalue weighted by Gasteiger charge is 2.15. The molecule has 0 amide bonds. The molecule has 2 N–H and O–H groups in total. The fraction of sp³-hybridized carbons (Fsp3) is 0.200. The van der Waals surface area contributed by atoms with Gasteiger partial charge in [-0.1, -0.05) is 0 Å². The van der Waals surface area contributed by atoms with Gasteiger partial charge in [0.2, 0.25) is 5.88 Å². The van der Waals surface area contributed by atoms with Gasteiger partial charge in [-0.15, -0.1) is 0 Å². The lowest BCUT2D eigenvalue weighted by Gasteiger charge is -1.97. The maximum atomic E-state index is 11.3. The molecule has 0 unspecified atom stereocenters. The topological polar surface area (TPSA) is 82.5 Å². The van der Waals surface area contributed by atoms with Gasteiger partial charge >= 0.3 is 5.97 Å². The van der Waals surface area contributed by atoms with Crippen molar-refractivity contribution >= 4 is 24.2 Å². The van der Waals surface area contributed by atoms with Crippen molar-refractivity contribution in [3.8, 4) is 0 Å². The summed E-state index contributed by atoms with van der Waals surface area (Å²) in [5, 5.41) is 0. The highest BCUT2D eigenvalue weighted by molar-refractivity contribution is 5.94. The standard InChI is InChI=1S/C10H11NO4/c1-2-14-10(13)8-6-7(4-3-5-12)15-9(8)11/h3-6H,2,11H2,1H3. The van der Waals surface area contributed by atoms with Gasteiger partial charge in [-0.05, 0) is 19.1 Å². The maximum absolute atomic E-state index is 11.3. The quantitative estimate of drug-likeness (QED) is 0.458. The van der Waals surface area contributed by atoms with E-state index in [0.29, 0.717) is 12.0 Å². The van der Waals surface area contributed by atoms with E-state index < -0.39 is 5.97 Å². The third-order valence-corrected chi connectivity index (χ3v) is 1.61. The molecule has 0 aromatic carbocycles. The second-order valence-electron chi connectivity index (χ2n) is 2.64. The van der Waals surface area contributed by atoms with Crippen LogP contribution in [-0.2, 0) is 9.53 Å². The molecule has 0 radical (unpaired) electrons. The molecule has 15 heavy (non-hydrogen) atoms. The minimum atomic E-state index is -0.537. The van der Waals surface area contributed by atoms with Crippen LogP contribution in [0.15, 0.2) is 16.6 Å². The molecular weight excluding hydrogens is 198 g/mol. The Morgan fingerprint density at radius 3 is 3.00 bits per heavy atom. The summed E-state index contributed by atoms with van der Waals surface area (Å²) in [6.07, 6.45) is 3.25. The first-order valence-electron chi connectivity index (χ1n) is 4.37. The largest absolute Gasteiger partial charge is 0.462 e. The minimum absolute atomic E-state index is 0.0148. The number of rotatable bonds is 4. The van der Waals surface area contributed by atoms with Crippen molar-refractivity contribution in [1.82, 2.24) is 0 Å². The van der Waals surface area contributed by atoms with Crippen molar-refractivity contribution in [3.05, 3.63) is 23.5 Å². The molecular formula is C10H11NO4. The van der Waals surface area contributed by atoms with E-state index >= 15 is 0 Å². The maximum Gasteiger partial charge on any atom is 0.343 e. The monoisotopic (exact) mass is 209 g/mol. The number of aldehydes is 1. The van der Waals surface area contributed by atoms with Gasteiger partial charge in [0.15, 0.2) is 0 Å².